The van der Waals surface area contributed by atoms with Gasteiger partial charge in [0.15, 0.2) is 9.84 Å². The lowest BCUT2D eigenvalue weighted by Crippen LogP contribution is -2.21. The smallest absolute Gasteiger partial charge is 0.335 e. The van der Waals surface area contributed by atoms with Gasteiger partial charge in [0.25, 0.3) is 0 Å². The van der Waals surface area contributed by atoms with Crippen LogP contribution in [0.2, 0.25) is 0 Å². The molecule has 0 bridgehead atoms. The standard InChI is InChI=1S/C13H13NO4S2/c15-13(16)8-4-5-9-10(7-8)19-12(14-9)11-3-1-2-6-20(11,17)18/h4-5,7,11H,1-3,6H2,(H,15,16). The molecule has 0 radical (unpaired) electrons. The number of aromatic nitrogens is 1. The second kappa shape index (κ2) is 4.82. The van der Waals surface area contributed by atoms with Crippen molar-refractivity contribution in [2.24, 2.45) is 0 Å². The molecular formula is C13H13NO4S2. The predicted molar refractivity (Wildman–Crippen MR) is 77.0 cm³/mol. The van der Waals surface area contributed by atoms with Crippen LogP contribution in [0.5, 0.6) is 0 Å². The Morgan fingerprint density at radius 1 is 1.35 bits per heavy atom. The summed E-state index contributed by atoms with van der Waals surface area (Å²) in [7, 11) is -3.12. The summed E-state index contributed by atoms with van der Waals surface area (Å²) < 4.78 is 24.9. The highest BCUT2D eigenvalue weighted by molar-refractivity contribution is 7.91. The number of carboxylic acids is 1. The molecule has 2 aromatic rings. The average Bonchev–Trinajstić information content (AvgIpc) is 2.80. The first-order chi connectivity index (χ1) is 9.47. The van der Waals surface area contributed by atoms with Crippen LogP contribution in [0.1, 0.15) is 39.9 Å². The van der Waals surface area contributed by atoms with Crippen molar-refractivity contribution in [3.63, 3.8) is 0 Å². The van der Waals surface area contributed by atoms with E-state index in [1.807, 2.05) is 0 Å². The Balaban J connectivity index is 2.06. The second-order valence-electron chi connectivity index (χ2n) is 4.89. The number of hydrogen-bond donors (Lipinski definition) is 1. The molecule has 1 aliphatic heterocycles. The predicted octanol–water partition coefficient (Wildman–Crippen LogP) is 2.63. The van der Waals surface area contributed by atoms with Crippen LogP contribution >= 0.6 is 11.3 Å². The zero-order valence-electron chi connectivity index (χ0n) is 10.6. The third kappa shape index (κ3) is 2.31. The van der Waals surface area contributed by atoms with E-state index < -0.39 is 21.1 Å². The van der Waals surface area contributed by atoms with Gasteiger partial charge in [-0.05, 0) is 31.0 Å². The van der Waals surface area contributed by atoms with Crippen LogP contribution in [-0.2, 0) is 9.84 Å². The molecule has 20 heavy (non-hydrogen) atoms. The molecule has 1 saturated heterocycles. The topological polar surface area (TPSA) is 84.3 Å². The van der Waals surface area contributed by atoms with E-state index in [1.54, 1.807) is 12.1 Å². The molecule has 2 heterocycles. The molecule has 1 aliphatic rings. The van der Waals surface area contributed by atoms with Gasteiger partial charge in [0.2, 0.25) is 0 Å². The van der Waals surface area contributed by atoms with Crippen LogP contribution in [0.3, 0.4) is 0 Å². The SMILES string of the molecule is O=C(O)c1ccc2nc(C3CCCCS3(=O)=O)sc2c1. The summed E-state index contributed by atoms with van der Waals surface area (Å²) in [6, 6.07) is 4.67. The molecule has 5 nitrogen and oxygen atoms in total. The van der Waals surface area contributed by atoms with Gasteiger partial charge in [-0.15, -0.1) is 11.3 Å². The van der Waals surface area contributed by atoms with Gasteiger partial charge < -0.3 is 5.11 Å². The minimum atomic E-state index is -3.12. The van der Waals surface area contributed by atoms with Crippen LogP contribution < -0.4 is 0 Å². The van der Waals surface area contributed by atoms with Crippen LogP contribution in [0.4, 0.5) is 0 Å². The number of sulfone groups is 1. The molecule has 1 aromatic carbocycles. The van der Waals surface area contributed by atoms with Crippen LogP contribution in [-0.4, -0.2) is 30.2 Å². The van der Waals surface area contributed by atoms with E-state index in [9.17, 15) is 13.2 Å². The molecule has 1 atom stereocenters. The van der Waals surface area contributed by atoms with Gasteiger partial charge in [0.05, 0.1) is 21.5 Å². The second-order valence-corrected chi connectivity index (χ2v) is 8.26. The van der Waals surface area contributed by atoms with E-state index in [2.05, 4.69) is 4.98 Å². The van der Waals surface area contributed by atoms with Crippen LogP contribution in [0.25, 0.3) is 10.2 Å². The lowest BCUT2D eigenvalue weighted by Gasteiger charge is -2.19. The number of carbonyl (C=O) groups is 1. The molecule has 1 aromatic heterocycles. The average molecular weight is 311 g/mol. The van der Waals surface area contributed by atoms with E-state index >= 15 is 0 Å². The first-order valence-corrected chi connectivity index (χ1v) is 8.86. The first-order valence-electron chi connectivity index (χ1n) is 6.33. The molecule has 0 saturated carbocycles. The lowest BCUT2D eigenvalue weighted by molar-refractivity contribution is 0.0697. The van der Waals surface area contributed by atoms with Gasteiger partial charge in [0.1, 0.15) is 10.3 Å². The van der Waals surface area contributed by atoms with E-state index in [0.717, 1.165) is 11.1 Å². The van der Waals surface area contributed by atoms with Crippen molar-refractivity contribution in [3.8, 4) is 0 Å². The normalized spacial score (nSPS) is 21.9. The summed E-state index contributed by atoms with van der Waals surface area (Å²) in [6.45, 7) is 0. The van der Waals surface area contributed by atoms with E-state index in [4.69, 9.17) is 5.11 Å². The minimum Gasteiger partial charge on any atom is -0.478 e. The summed E-state index contributed by atoms with van der Waals surface area (Å²) in [4.78, 5) is 15.3. The first kappa shape index (κ1) is 13.5. The van der Waals surface area contributed by atoms with Crippen molar-refractivity contribution < 1.29 is 18.3 Å². The molecule has 0 spiro atoms. The zero-order chi connectivity index (χ0) is 14.3. The molecule has 3 rings (SSSR count). The minimum absolute atomic E-state index is 0.194. The third-order valence-corrected chi connectivity index (χ3v) is 6.97. The third-order valence-electron chi connectivity index (χ3n) is 3.51. The molecule has 106 valence electrons. The van der Waals surface area contributed by atoms with Crippen molar-refractivity contribution >= 4 is 37.4 Å². The summed E-state index contributed by atoms with van der Waals surface area (Å²) in [5.74, 6) is -0.777. The van der Waals surface area contributed by atoms with Gasteiger partial charge in [-0.3, -0.25) is 0 Å². The molecular weight excluding hydrogens is 298 g/mol. The quantitative estimate of drug-likeness (QED) is 0.921. The highest BCUT2D eigenvalue weighted by atomic mass is 32.2. The monoisotopic (exact) mass is 311 g/mol. The Kier molecular flexibility index (Phi) is 3.25. The van der Waals surface area contributed by atoms with Gasteiger partial charge in [-0.25, -0.2) is 18.2 Å². The van der Waals surface area contributed by atoms with Gasteiger partial charge in [-0.1, -0.05) is 6.42 Å². The van der Waals surface area contributed by atoms with Crippen molar-refractivity contribution in [3.05, 3.63) is 28.8 Å². The summed E-state index contributed by atoms with van der Waals surface area (Å²) in [5, 5.41) is 9.03. The molecule has 7 heteroatoms. The van der Waals surface area contributed by atoms with E-state index in [0.29, 0.717) is 23.4 Å². The summed E-state index contributed by atoms with van der Waals surface area (Å²) in [5.41, 5.74) is 0.856. The highest BCUT2D eigenvalue weighted by Crippen LogP contribution is 2.37. The van der Waals surface area contributed by atoms with Crippen molar-refractivity contribution in [1.29, 1.82) is 0 Å². The number of carboxylic acid groups (broad SMARTS) is 1. The fourth-order valence-corrected chi connectivity index (χ4v) is 5.83. The number of fused-ring (bicyclic) bond motifs is 1. The van der Waals surface area contributed by atoms with Gasteiger partial charge >= 0.3 is 5.97 Å². The Hall–Kier alpha value is -1.47. The van der Waals surface area contributed by atoms with Crippen molar-refractivity contribution in [1.82, 2.24) is 4.98 Å². The maximum Gasteiger partial charge on any atom is 0.335 e. The number of nitrogens with zero attached hydrogens (tertiary/aromatic N) is 1. The highest BCUT2D eigenvalue weighted by Gasteiger charge is 2.32. The van der Waals surface area contributed by atoms with Crippen molar-refractivity contribution in [2.45, 2.75) is 24.5 Å². The van der Waals surface area contributed by atoms with E-state index in [-0.39, 0.29) is 11.3 Å². The molecule has 1 unspecified atom stereocenters. The Labute approximate surface area is 120 Å². The Bertz CT molecular complexity index is 779. The fourth-order valence-electron chi connectivity index (χ4n) is 2.45. The molecule has 0 amide bonds. The fraction of sp³-hybridized carbons (Fsp3) is 0.385. The Morgan fingerprint density at radius 3 is 2.85 bits per heavy atom. The number of aromatic carboxylic acids is 1. The number of hydrogen-bond acceptors (Lipinski definition) is 5. The van der Waals surface area contributed by atoms with Gasteiger partial charge in [0, 0.05) is 0 Å². The summed E-state index contributed by atoms with van der Waals surface area (Å²) >= 11 is 1.28. The maximum absolute atomic E-state index is 12.1. The van der Waals surface area contributed by atoms with Crippen molar-refractivity contribution in [2.75, 3.05) is 5.75 Å². The molecule has 1 N–H and O–H groups in total. The lowest BCUT2D eigenvalue weighted by atomic mass is 10.2. The number of benzene rings is 1. The number of rotatable bonds is 2. The van der Waals surface area contributed by atoms with Crippen LogP contribution in [0.15, 0.2) is 18.2 Å². The zero-order valence-corrected chi connectivity index (χ0v) is 12.2. The summed E-state index contributed by atoms with van der Waals surface area (Å²) in [6.07, 6.45) is 2.21. The van der Waals surface area contributed by atoms with Gasteiger partial charge in [-0.2, -0.15) is 0 Å². The van der Waals surface area contributed by atoms with Crippen LogP contribution in [0, 0.1) is 0 Å². The largest absolute Gasteiger partial charge is 0.478 e. The Morgan fingerprint density at radius 2 is 2.15 bits per heavy atom. The van der Waals surface area contributed by atoms with E-state index in [1.165, 1.54) is 17.4 Å². The molecule has 0 aliphatic carbocycles. The maximum atomic E-state index is 12.1. The number of thiazole rings is 1. The molecule has 1 fully saturated rings.